The number of benzene rings is 1. The summed E-state index contributed by atoms with van der Waals surface area (Å²) >= 11 is 5.34. The lowest BCUT2D eigenvalue weighted by molar-refractivity contribution is 0.491. The van der Waals surface area contributed by atoms with Crippen molar-refractivity contribution in [2.24, 2.45) is 0 Å². The van der Waals surface area contributed by atoms with E-state index in [1.807, 2.05) is 11.3 Å². The molecule has 1 N–H and O–H groups in total. The van der Waals surface area contributed by atoms with Crippen LogP contribution in [0.15, 0.2) is 40.2 Å². The minimum Gasteiger partial charge on any atom is -0.305 e. The van der Waals surface area contributed by atoms with Gasteiger partial charge in [0, 0.05) is 17.5 Å². The number of fused-ring (bicyclic) bond motifs is 1. The number of nitrogens with one attached hydrogen (secondary N) is 1. The van der Waals surface area contributed by atoms with Crippen molar-refractivity contribution in [3.8, 4) is 0 Å². The van der Waals surface area contributed by atoms with Gasteiger partial charge in [-0.05, 0) is 58.5 Å². The molecular formula is C16H18BrNS. The molecule has 0 saturated heterocycles. The second-order valence-corrected chi connectivity index (χ2v) is 7.63. The third-order valence-electron chi connectivity index (χ3n) is 3.77. The van der Waals surface area contributed by atoms with Crippen molar-refractivity contribution in [2.75, 3.05) is 0 Å². The summed E-state index contributed by atoms with van der Waals surface area (Å²) < 4.78 is 1.21. The van der Waals surface area contributed by atoms with E-state index >= 15 is 0 Å². The zero-order valence-electron chi connectivity index (χ0n) is 10.9. The molecule has 1 unspecified atom stereocenters. The van der Waals surface area contributed by atoms with Gasteiger partial charge >= 0.3 is 0 Å². The Bertz CT molecular complexity index is 549. The van der Waals surface area contributed by atoms with E-state index in [9.17, 15) is 0 Å². The highest BCUT2D eigenvalue weighted by atomic mass is 79.9. The van der Waals surface area contributed by atoms with Crippen LogP contribution < -0.4 is 5.32 Å². The van der Waals surface area contributed by atoms with Gasteiger partial charge in [0.2, 0.25) is 0 Å². The van der Waals surface area contributed by atoms with Crippen LogP contribution in [0.5, 0.6) is 0 Å². The first kappa shape index (κ1) is 13.3. The minimum atomic E-state index is 0.513. The van der Waals surface area contributed by atoms with Crippen molar-refractivity contribution in [3.63, 3.8) is 0 Å². The molecule has 0 aliphatic heterocycles. The number of hydrogen-bond acceptors (Lipinski definition) is 2. The lowest BCUT2D eigenvalue weighted by Gasteiger charge is -2.19. The van der Waals surface area contributed by atoms with Gasteiger partial charge < -0.3 is 5.32 Å². The number of hydrogen-bond donors (Lipinski definition) is 1. The average Bonchev–Trinajstić information content (AvgIpc) is 2.73. The van der Waals surface area contributed by atoms with Gasteiger partial charge in [-0.25, -0.2) is 0 Å². The molecule has 1 aliphatic rings. The second-order valence-electron chi connectivity index (χ2n) is 5.08. The lowest BCUT2D eigenvalue weighted by Crippen LogP contribution is -2.20. The Morgan fingerprint density at radius 2 is 2.05 bits per heavy atom. The monoisotopic (exact) mass is 335 g/mol. The Kier molecular flexibility index (Phi) is 4.36. The highest BCUT2D eigenvalue weighted by Crippen LogP contribution is 2.29. The van der Waals surface area contributed by atoms with Gasteiger partial charge in [-0.15, -0.1) is 11.3 Å². The fourth-order valence-corrected chi connectivity index (χ4v) is 4.24. The standard InChI is InChI=1S/C16H18BrNS/c17-16-10-9-13(19-16)11-18-15-8-4-2-6-12-5-1-3-7-14(12)15/h1,3,5,7,9-10,15,18H,2,4,6,8,11H2. The molecule has 1 heterocycles. The van der Waals surface area contributed by atoms with Crippen LogP contribution in [0, 0.1) is 0 Å². The third kappa shape index (κ3) is 3.28. The lowest BCUT2D eigenvalue weighted by atomic mass is 9.99. The largest absolute Gasteiger partial charge is 0.305 e. The quantitative estimate of drug-likeness (QED) is 0.772. The second kappa shape index (κ2) is 6.21. The summed E-state index contributed by atoms with van der Waals surface area (Å²) in [5, 5.41) is 3.74. The van der Waals surface area contributed by atoms with Crippen molar-refractivity contribution >= 4 is 27.3 Å². The Balaban J connectivity index is 1.73. The molecule has 100 valence electrons. The van der Waals surface area contributed by atoms with Crippen molar-refractivity contribution < 1.29 is 0 Å². The summed E-state index contributed by atoms with van der Waals surface area (Å²) in [5.74, 6) is 0. The predicted octanol–water partition coefficient (Wildman–Crippen LogP) is 5.07. The molecule has 1 aromatic heterocycles. The first-order chi connectivity index (χ1) is 9.33. The number of rotatable bonds is 3. The van der Waals surface area contributed by atoms with Crippen molar-refractivity contribution in [1.29, 1.82) is 0 Å². The van der Waals surface area contributed by atoms with E-state index in [4.69, 9.17) is 0 Å². The van der Waals surface area contributed by atoms with Crippen LogP contribution in [0.2, 0.25) is 0 Å². The smallest absolute Gasteiger partial charge is 0.0701 e. The summed E-state index contributed by atoms with van der Waals surface area (Å²) in [7, 11) is 0. The summed E-state index contributed by atoms with van der Waals surface area (Å²) in [6.07, 6.45) is 5.13. The highest BCUT2D eigenvalue weighted by molar-refractivity contribution is 9.11. The maximum Gasteiger partial charge on any atom is 0.0701 e. The topological polar surface area (TPSA) is 12.0 Å². The van der Waals surface area contributed by atoms with Crippen LogP contribution in [0.4, 0.5) is 0 Å². The molecule has 0 fully saturated rings. The molecule has 3 rings (SSSR count). The molecule has 1 nitrogen and oxygen atoms in total. The van der Waals surface area contributed by atoms with Crippen LogP contribution in [0.1, 0.15) is 41.3 Å². The number of aryl methyl sites for hydroxylation is 1. The van der Waals surface area contributed by atoms with Gasteiger partial charge in [0.25, 0.3) is 0 Å². The Labute approximate surface area is 127 Å². The molecular weight excluding hydrogens is 318 g/mol. The molecule has 1 aromatic carbocycles. The molecule has 1 aliphatic carbocycles. The van der Waals surface area contributed by atoms with Gasteiger partial charge in [-0.2, -0.15) is 0 Å². The molecule has 0 bridgehead atoms. The van der Waals surface area contributed by atoms with Gasteiger partial charge in [-0.3, -0.25) is 0 Å². The fraction of sp³-hybridized carbons (Fsp3) is 0.375. The molecule has 19 heavy (non-hydrogen) atoms. The van der Waals surface area contributed by atoms with Gasteiger partial charge in [0.1, 0.15) is 0 Å². The van der Waals surface area contributed by atoms with Crippen molar-refractivity contribution in [3.05, 3.63) is 56.2 Å². The zero-order valence-corrected chi connectivity index (χ0v) is 13.3. The fourth-order valence-electron chi connectivity index (χ4n) is 2.80. The van der Waals surface area contributed by atoms with Crippen LogP contribution in [-0.4, -0.2) is 0 Å². The summed E-state index contributed by atoms with van der Waals surface area (Å²) in [4.78, 5) is 1.40. The highest BCUT2D eigenvalue weighted by Gasteiger charge is 2.17. The normalized spacial score (nSPS) is 18.9. The summed E-state index contributed by atoms with van der Waals surface area (Å²) in [6, 6.07) is 13.8. The van der Waals surface area contributed by atoms with E-state index in [-0.39, 0.29) is 0 Å². The molecule has 0 saturated carbocycles. The molecule has 2 aromatic rings. The first-order valence-electron chi connectivity index (χ1n) is 6.88. The van der Waals surface area contributed by atoms with E-state index in [1.165, 1.54) is 45.5 Å². The Morgan fingerprint density at radius 1 is 1.16 bits per heavy atom. The van der Waals surface area contributed by atoms with Gasteiger partial charge in [0.15, 0.2) is 0 Å². The van der Waals surface area contributed by atoms with Crippen LogP contribution in [0.25, 0.3) is 0 Å². The van der Waals surface area contributed by atoms with Crippen molar-refractivity contribution in [2.45, 2.75) is 38.3 Å². The van der Waals surface area contributed by atoms with E-state index in [1.54, 1.807) is 0 Å². The van der Waals surface area contributed by atoms with Crippen LogP contribution >= 0.6 is 27.3 Å². The average molecular weight is 336 g/mol. The molecule has 0 radical (unpaired) electrons. The maximum absolute atomic E-state index is 3.74. The molecule has 1 atom stereocenters. The SMILES string of the molecule is Brc1ccc(CNC2CCCCc3ccccc32)s1. The maximum atomic E-state index is 3.74. The van der Waals surface area contributed by atoms with E-state index in [0.29, 0.717) is 6.04 Å². The van der Waals surface area contributed by atoms with Crippen LogP contribution in [0.3, 0.4) is 0 Å². The minimum absolute atomic E-state index is 0.513. The van der Waals surface area contributed by atoms with Gasteiger partial charge in [-0.1, -0.05) is 30.7 Å². The Morgan fingerprint density at radius 3 is 2.89 bits per heavy atom. The van der Waals surface area contributed by atoms with Gasteiger partial charge in [0.05, 0.1) is 3.79 Å². The molecule has 0 amide bonds. The molecule has 0 spiro atoms. The molecule has 3 heteroatoms. The van der Waals surface area contributed by atoms with E-state index in [2.05, 4.69) is 57.6 Å². The van der Waals surface area contributed by atoms with Crippen molar-refractivity contribution in [1.82, 2.24) is 5.32 Å². The van der Waals surface area contributed by atoms with E-state index in [0.717, 1.165) is 6.54 Å². The van der Waals surface area contributed by atoms with Crippen LogP contribution in [-0.2, 0) is 13.0 Å². The summed E-state index contributed by atoms with van der Waals surface area (Å²) in [6.45, 7) is 0.968. The third-order valence-corrected chi connectivity index (χ3v) is 5.39. The number of thiophene rings is 1. The summed E-state index contributed by atoms with van der Waals surface area (Å²) in [5.41, 5.74) is 3.04. The predicted molar refractivity (Wildman–Crippen MR) is 85.6 cm³/mol. The first-order valence-corrected chi connectivity index (χ1v) is 8.49. The Hall–Kier alpha value is -0.640. The van der Waals surface area contributed by atoms with E-state index < -0.39 is 0 Å². The zero-order chi connectivity index (χ0) is 13.1. The number of halogens is 1.